The zero-order valence-corrected chi connectivity index (χ0v) is 13.7. The smallest absolute Gasteiger partial charge is 0.106 e. The highest BCUT2D eigenvalue weighted by Gasteiger charge is 2.34. The summed E-state index contributed by atoms with van der Waals surface area (Å²) in [5.41, 5.74) is 1.95. The fourth-order valence-corrected chi connectivity index (χ4v) is 3.74. The Kier molecular flexibility index (Phi) is 5.29. The zero-order chi connectivity index (χ0) is 14.6. The quantitative estimate of drug-likeness (QED) is 0.441. The summed E-state index contributed by atoms with van der Waals surface area (Å²) in [6.45, 7) is 7.16. The lowest BCUT2D eigenvalue weighted by Gasteiger charge is -2.39. The van der Waals surface area contributed by atoms with E-state index in [-0.39, 0.29) is 0 Å². The summed E-state index contributed by atoms with van der Waals surface area (Å²) < 4.78 is 0. The third-order valence-electron chi connectivity index (χ3n) is 4.82. The number of oxime groups is 1. The average Bonchev–Trinajstić information content (AvgIpc) is 3.14. The van der Waals surface area contributed by atoms with E-state index < -0.39 is 0 Å². The van der Waals surface area contributed by atoms with Crippen molar-refractivity contribution < 1.29 is 4.84 Å². The maximum Gasteiger partial charge on any atom is 0.106 e. The highest BCUT2D eigenvalue weighted by atomic mass is 16.6. The molecule has 2 aliphatic carbocycles. The van der Waals surface area contributed by atoms with Crippen LogP contribution in [0, 0.1) is 23.2 Å². The first-order chi connectivity index (χ1) is 9.54. The lowest BCUT2D eigenvalue weighted by atomic mass is 9.66. The van der Waals surface area contributed by atoms with Gasteiger partial charge in [0.1, 0.15) is 7.11 Å². The average molecular weight is 277 g/mol. The van der Waals surface area contributed by atoms with Crippen LogP contribution in [-0.4, -0.2) is 13.3 Å². The van der Waals surface area contributed by atoms with E-state index in [0.717, 1.165) is 17.8 Å². The van der Waals surface area contributed by atoms with E-state index in [1.165, 1.54) is 50.5 Å². The van der Waals surface area contributed by atoms with Crippen LogP contribution in [0.2, 0.25) is 0 Å². The van der Waals surface area contributed by atoms with Crippen molar-refractivity contribution in [3.63, 3.8) is 0 Å². The molecular weight excluding hydrogens is 246 g/mol. The molecule has 0 atom stereocenters. The normalized spacial score (nSPS) is 27.7. The van der Waals surface area contributed by atoms with Crippen LogP contribution < -0.4 is 0 Å². The fraction of sp³-hybridized carbons (Fsp3) is 0.833. The highest BCUT2D eigenvalue weighted by Crippen LogP contribution is 2.45. The minimum atomic E-state index is 0.533. The first-order valence-electron chi connectivity index (χ1n) is 8.32. The molecule has 2 nitrogen and oxygen atoms in total. The Morgan fingerprint density at radius 3 is 2.55 bits per heavy atom. The number of allylic oxidation sites excluding steroid dienone is 2. The van der Waals surface area contributed by atoms with Crippen LogP contribution in [-0.2, 0) is 4.84 Å². The minimum Gasteiger partial charge on any atom is -0.399 e. The monoisotopic (exact) mass is 277 g/mol. The van der Waals surface area contributed by atoms with E-state index >= 15 is 0 Å². The SMILES string of the molecule is CCCC(C)(C)CC1CC(/C=C(/C=N\OC)C2CC2)C1. The van der Waals surface area contributed by atoms with Gasteiger partial charge in [-0.05, 0) is 67.3 Å². The molecule has 0 aromatic heterocycles. The molecule has 20 heavy (non-hydrogen) atoms. The standard InChI is InChI=1S/C18H31NO/c1-5-8-18(2,3)12-15-9-14(10-15)11-17(13-19-20-4)16-6-7-16/h11,13-16H,5-10,12H2,1-4H3/b17-11-,19-13-. The van der Waals surface area contributed by atoms with E-state index in [2.05, 4.69) is 32.0 Å². The van der Waals surface area contributed by atoms with Crippen molar-refractivity contribution in [2.24, 2.45) is 28.3 Å². The molecule has 0 radical (unpaired) electrons. The van der Waals surface area contributed by atoms with Crippen LogP contribution in [0.3, 0.4) is 0 Å². The van der Waals surface area contributed by atoms with Crippen LogP contribution >= 0.6 is 0 Å². The molecule has 2 rings (SSSR count). The van der Waals surface area contributed by atoms with E-state index in [1.54, 1.807) is 7.11 Å². The maximum absolute atomic E-state index is 4.83. The third-order valence-corrected chi connectivity index (χ3v) is 4.82. The Bertz CT molecular complexity index is 360. The fourth-order valence-electron chi connectivity index (χ4n) is 3.74. The molecule has 0 aromatic rings. The molecule has 0 amide bonds. The second kappa shape index (κ2) is 6.78. The predicted octanol–water partition coefficient (Wildman–Crippen LogP) is 5.20. The molecule has 0 unspecified atom stereocenters. The molecule has 2 aliphatic rings. The summed E-state index contributed by atoms with van der Waals surface area (Å²) >= 11 is 0. The molecule has 0 bridgehead atoms. The van der Waals surface area contributed by atoms with Crippen molar-refractivity contribution in [2.45, 2.75) is 65.7 Å². The van der Waals surface area contributed by atoms with Crippen molar-refractivity contribution in [3.05, 3.63) is 11.6 Å². The van der Waals surface area contributed by atoms with Gasteiger partial charge in [-0.25, -0.2) is 0 Å². The first-order valence-corrected chi connectivity index (χ1v) is 8.32. The van der Waals surface area contributed by atoms with E-state index in [9.17, 15) is 0 Å². The Morgan fingerprint density at radius 1 is 1.30 bits per heavy atom. The molecule has 2 saturated carbocycles. The van der Waals surface area contributed by atoms with Crippen molar-refractivity contribution in [1.29, 1.82) is 0 Å². The molecule has 2 fully saturated rings. The van der Waals surface area contributed by atoms with Gasteiger partial charge in [-0.3, -0.25) is 0 Å². The van der Waals surface area contributed by atoms with Gasteiger partial charge in [0.2, 0.25) is 0 Å². The van der Waals surface area contributed by atoms with Crippen LogP contribution in [0.5, 0.6) is 0 Å². The summed E-state index contributed by atoms with van der Waals surface area (Å²) in [6, 6.07) is 0. The van der Waals surface area contributed by atoms with Gasteiger partial charge in [0, 0.05) is 0 Å². The van der Waals surface area contributed by atoms with Gasteiger partial charge in [0.15, 0.2) is 0 Å². The molecule has 0 heterocycles. The summed E-state index contributed by atoms with van der Waals surface area (Å²) in [5.74, 6) is 2.50. The van der Waals surface area contributed by atoms with Gasteiger partial charge in [0.25, 0.3) is 0 Å². The van der Waals surface area contributed by atoms with Crippen LogP contribution in [0.25, 0.3) is 0 Å². The minimum absolute atomic E-state index is 0.533. The summed E-state index contributed by atoms with van der Waals surface area (Å²) in [5, 5.41) is 3.95. The number of hydrogen-bond donors (Lipinski definition) is 0. The summed E-state index contributed by atoms with van der Waals surface area (Å²) in [7, 11) is 1.62. The van der Waals surface area contributed by atoms with Crippen LogP contribution in [0.15, 0.2) is 16.8 Å². The second-order valence-electron chi connectivity index (χ2n) is 7.57. The Hall–Kier alpha value is -0.790. The second-order valence-corrected chi connectivity index (χ2v) is 7.57. The van der Waals surface area contributed by atoms with Gasteiger partial charge >= 0.3 is 0 Å². The summed E-state index contributed by atoms with van der Waals surface area (Å²) in [6.07, 6.45) is 13.9. The number of hydrogen-bond acceptors (Lipinski definition) is 2. The van der Waals surface area contributed by atoms with E-state index in [4.69, 9.17) is 4.84 Å². The van der Waals surface area contributed by atoms with Gasteiger partial charge in [0.05, 0.1) is 6.21 Å². The summed E-state index contributed by atoms with van der Waals surface area (Å²) in [4.78, 5) is 4.83. The lowest BCUT2D eigenvalue weighted by Crippen LogP contribution is -2.28. The Labute approximate surface area is 124 Å². The van der Waals surface area contributed by atoms with Crippen molar-refractivity contribution in [2.75, 3.05) is 7.11 Å². The van der Waals surface area contributed by atoms with Crippen molar-refractivity contribution in [1.82, 2.24) is 0 Å². The topological polar surface area (TPSA) is 21.6 Å². The molecule has 2 heteroatoms. The Balaban J connectivity index is 1.79. The molecule has 0 aliphatic heterocycles. The largest absolute Gasteiger partial charge is 0.399 e. The number of rotatable bonds is 8. The van der Waals surface area contributed by atoms with E-state index in [1.807, 2.05) is 6.21 Å². The van der Waals surface area contributed by atoms with Gasteiger partial charge in [-0.15, -0.1) is 0 Å². The maximum atomic E-state index is 4.83. The van der Waals surface area contributed by atoms with Crippen LogP contribution in [0.4, 0.5) is 0 Å². The van der Waals surface area contributed by atoms with Crippen molar-refractivity contribution in [3.8, 4) is 0 Å². The van der Waals surface area contributed by atoms with Gasteiger partial charge in [-0.2, -0.15) is 0 Å². The lowest BCUT2D eigenvalue weighted by molar-refractivity contribution is 0.146. The molecule has 0 spiro atoms. The van der Waals surface area contributed by atoms with E-state index in [0.29, 0.717) is 5.41 Å². The Morgan fingerprint density at radius 2 is 2.00 bits per heavy atom. The highest BCUT2D eigenvalue weighted by molar-refractivity contribution is 5.79. The molecule has 114 valence electrons. The zero-order valence-electron chi connectivity index (χ0n) is 13.7. The molecule has 0 aromatic carbocycles. The molecule has 0 saturated heterocycles. The molecular formula is C18H31NO. The third kappa shape index (κ3) is 4.64. The predicted molar refractivity (Wildman–Crippen MR) is 85.8 cm³/mol. The van der Waals surface area contributed by atoms with Crippen molar-refractivity contribution >= 4 is 6.21 Å². The van der Waals surface area contributed by atoms with Crippen LogP contribution in [0.1, 0.15) is 65.7 Å². The first kappa shape index (κ1) is 15.6. The number of nitrogens with zero attached hydrogens (tertiary/aromatic N) is 1. The molecule has 0 N–H and O–H groups in total. The van der Waals surface area contributed by atoms with Gasteiger partial charge in [-0.1, -0.05) is 38.4 Å². The van der Waals surface area contributed by atoms with Gasteiger partial charge < -0.3 is 4.84 Å².